The van der Waals surface area contributed by atoms with Crippen molar-refractivity contribution in [3.8, 4) is 0 Å². The van der Waals surface area contributed by atoms with E-state index in [9.17, 15) is 0 Å². The number of aryl methyl sites for hydroxylation is 1. The number of guanidine groups is 1. The van der Waals surface area contributed by atoms with E-state index in [1.807, 2.05) is 12.1 Å². The maximum Gasteiger partial charge on any atom is 0.191 e. The van der Waals surface area contributed by atoms with Gasteiger partial charge in [0.1, 0.15) is 0 Å². The minimum absolute atomic E-state index is 0. The maximum atomic E-state index is 4.62. The Balaban J connectivity index is 0.00000242. The summed E-state index contributed by atoms with van der Waals surface area (Å²) >= 11 is 0. The number of nitrogens with zero attached hydrogens (tertiary/aromatic N) is 2. The Morgan fingerprint density at radius 3 is 2.41 bits per heavy atom. The van der Waals surface area contributed by atoms with Gasteiger partial charge in [0.25, 0.3) is 0 Å². The van der Waals surface area contributed by atoms with Gasteiger partial charge in [0.05, 0.1) is 6.54 Å². The summed E-state index contributed by atoms with van der Waals surface area (Å²) in [4.78, 5) is 4.62. The van der Waals surface area contributed by atoms with E-state index >= 15 is 0 Å². The van der Waals surface area contributed by atoms with Crippen molar-refractivity contribution < 1.29 is 0 Å². The van der Waals surface area contributed by atoms with Crippen LogP contribution in [0, 0.1) is 6.92 Å². The molecule has 120 valence electrons. The molecule has 5 heteroatoms. The Morgan fingerprint density at radius 1 is 1.09 bits per heavy atom. The Morgan fingerprint density at radius 2 is 1.77 bits per heavy atom. The van der Waals surface area contributed by atoms with E-state index in [1.54, 1.807) is 0 Å². The van der Waals surface area contributed by atoms with Crippen LogP contribution in [0.2, 0.25) is 0 Å². The first-order valence-corrected chi connectivity index (χ1v) is 7.46. The molecule has 0 fully saturated rings. The third kappa shape index (κ3) is 6.51. The number of hydrogen-bond donors (Lipinski definition) is 2. The van der Waals surface area contributed by atoms with Crippen LogP contribution >= 0.6 is 24.0 Å². The molecule has 0 aliphatic heterocycles. The molecule has 0 spiro atoms. The Labute approximate surface area is 150 Å². The van der Waals surface area contributed by atoms with Gasteiger partial charge in [-0.25, -0.2) is 4.99 Å². The van der Waals surface area contributed by atoms with Crippen LogP contribution < -0.4 is 10.6 Å². The van der Waals surface area contributed by atoms with E-state index in [0.717, 1.165) is 25.6 Å². The topological polar surface area (TPSA) is 41.4 Å². The summed E-state index contributed by atoms with van der Waals surface area (Å²) in [6, 6.07) is 12.6. The predicted octanol–water partition coefficient (Wildman–Crippen LogP) is 3.17. The summed E-state index contributed by atoms with van der Waals surface area (Å²) in [6.07, 6.45) is 4.14. The Kier molecular flexibility index (Phi) is 8.65. The Hall–Kier alpha value is -1.50. The zero-order valence-corrected chi connectivity index (χ0v) is 15.6. The molecule has 2 aromatic rings. The largest absolute Gasteiger partial charge is 0.357 e. The number of aromatic nitrogens is 1. The molecular weight excluding hydrogens is 387 g/mol. The molecule has 0 radical (unpaired) electrons. The van der Waals surface area contributed by atoms with Crippen molar-refractivity contribution in [1.82, 2.24) is 15.2 Å². The SMILES string of the molecule is CCNC(=NCc1ccc(C)cc1)NCCn1cccc1.I. The molecule has 2 rings (SSSR count). The van der Waals surface area contributed by atoms with E-state index in [4.69, 9.17) is 0 Å². The van der Waals surface area contributed by atoms with Crippen molar-refractivity contribution >= 4 is 29.9 Å². The highest BCUT2D eigenvalue weighted by molar-refractivity contribution is 14.0. The number of benzene rings is 1. The monoisotopic (exact) mass is 412 g/mol. The van der Waals surface area contributed by atoms with Crippen LogP contribution in [0.25, 0.3) is 0 Å². The molecule has 0 saturated heterocycles. The van der Waals surface area contributed by atoms with E-state index in [-0.39, 0.29) is 24.0 Å². The van der Waals surface area contributed by atoms with Gasteiger partial charge >= 0.3 is 0 Å². The fourth-order valence-electron chi connectivity index (χ4n) is 2.03. The van der Waals surface area contributed by atoms with Crippen LogP contribution in [-0.4, -0.2) is 23.6 Å². The molecule has 22 heavy (non-hydrogen) atoms. The lowest BCUT2D eigenvalue weighted by Gasteiger charge is -2.11. The normalized spacial score (nSPS) is 10.9. The molecule has 4 nitrogen and oxygen atoms in total. The number of hydrogen-bond acceptors (Lipinski definition) is 1. The summed E-state index contributed by atoms with van der Waals surface area (Å²) < 4.78 is 2.15. The number of aliphatic imine (C=N–C) groups is 1. The zero-order chi connectivity index (χ0) is 14.9. The Bertz CT molecular complexity index is 547. The highest BCUT2D eigenvalue weighted by Gasteiger charge is 1.97. The van der Waals surface area contributed by atoms with Gasteiger partial charge in [0.2, 0.25) is 0 Å². The lowest BCUT2D eigenvalue weighted by molar-refractivity contribution is 0.666. The van der Waals surface area contributed by atoms with Crippen molar-refractivity contribution in [3.05, 3.63) is 59.9 Å². The van der Waals surface area contributed by atoms with E-state index in [2.05, 4.69) is 70.7 Å². The third-order valence-corrected chi connectivity index (χ3v) is 3.21. The molecule has 1 aromatic carbocycles. The van der Waals surface area contributed by atoms with Crippen molar-refractivity contribution in [3.63, 3.8) is 0 Å². The number of nitrogens with one attached hydrogen (secondary N) is 2. The summed E-state index contributed by atoms with van der Waals surface area (Å²) in [5.74, 6) is 0.866. The lowest BCUT2D eigenvalue weighted by atomic mass is 10.1. The second-order valence-electron chi connectivity index (χ2n) is 5.03. The first-order chi connectivity index (χ1) is 10.3. The first-order valence-electron chi connectivity index (χ1n) is 7.46. The second-order valence-corrected chi connectivity index (χ2v) is 5.03. The van der Waals surface area contributed by atoms with Crippen LogP contribution in [0.4, 0.5) is 0 Å². The second kappa shape index (κ2) is 10.3. The van der Waals surface area contributed by atoms with Gasteiger partial charge < -0.3 is 15.2 Å². The van der Waals surface area contributed by atoms with Gasteiger partial charge in [-0.2, -0.15) is 0 Å². The van der Waals surface area contributed by atoms with Crippen molar-refractivity contribution in [2.24, 2.45) is 4.99 Å². The molecule has 0 aliphatic carbocycles. The average molecular weight is 412 g/mol. The maximum absolute atomic E-state index is 4.62. The standard InChI is InChI=1S/C17H24N4.HI/c1-3-18-17(19-10-13-21-11-4-5-12-21)20-14-16-8-6-15(2)7-9-16;/h4-9,11-12H,3,10,13-14H2,1-2H3,(H2,18,19,20);1H. The molecule has 1 heterocycles. The highest BCUT2D eigenvalue weighted by Crippen LogP contribution is 2.04. The molecule has 0 unspecified atom stereocenters. The van der Waals surface area contributed by atoms with E-state index < -0.39 is 0 Å². The van der Waals surface area contributed by atoms with Crippen LogP contribution in [0.5, 0.6) is 0 Å². The minimum atomic E-state index is 0. The average Bonchev–Trinajstić information content (AvgIpc) is 3.00. The minimum Gasteiger partial charge on any atom is -0.357 e. The van der Waals surface area contributed by atoms with Gasteiger partial charge in [-0.3, -0.25) is 0 Å². The number of halogens is 1. The number of rotatable bonds is 6. The zero-order valence-electron chi connectivity index (χ0n) is 13.2. The molecule has 1 aromatic heterocycles. The molecule has 2 N–H and O–H groups in total. The van der Waals surface area contributed by atoms with Crippen LogP contribution in [0.15, 0.2) is 53.8 Å². The van der Waals surface area contributed by atoms with E-state index in [0.29, 0.717) is 6.54 Å². The summed E-state index contributed by atoms with van der Waals surface area (Å²) in [5, 5.41) is 6.63. The quantitative estimate of drug-likeness (QED) is 0.435. The van der Waals surface area contributed by atoms with Crippen LogP contribution in [0.1, 0.15) is 18.1 Å². The van der Waals surface area contributed by atoms with Gasteiger partial charge in [-0.1, -0.05) is 29.8 Å². The fraction of sp³-hybridized carbons (Fsp3) is 0.353. The van der Waals surface area contributed by atoms with Gasteiger partial charge in [0.15, 0.2) is 5.96 Å². The molecule has 0 amide bonds. The predicted molar refractivity (Wildman–Crippen MR) is 104 cm³/mol. The first kappa shape index (κ1) is 18.5. The fourth-order valence-corrected chi connectivity index (χ4v) is 2.03. The molecular formula is C17H25IN4. The van der Waals surface area contributed by atoms with Gasteiger partial charge in [-0.05, 0) is 31.5 Å². The molecule has 0 atom stereocenters. The summed E-state index contributed by atoms with van der Waals surface area (Å²) in [7, 11) is 0. The summed E-state index contributed by atoms with van der Waals surface area (Å²) in [5.41, 5.74) is 2.50. The molecule has 0 saturated carbocycles. The van der Waals surface area contributed by atoms with Crippen LogP contribution in [0.3, 0.4) is 0 Å². The van der Waals surface area contributed by atoms with Gasteiger partial charge in [0, 0.05) is 32.0 Å². The van der Waals surface area contributed by atoms with Crippen molar-refractivity contribution in [2.75, 3.05) is 13.1 Å². The van der Waals surface area contributed by atoms with Crippen LogP contribution in [-0.2, 0) is 13.1 Å². The lowest BCUT2D eigenvalue weighted by Crippen LogP contribution is -2.38. The third-order valence-electron chi connectivity index (χ3n) is 3.21. The van der Waals surface area contributed by atoms with Gasteiger partial charge in [-0.15, -0.1) is 24.0 Å². The molecule has 0 bridgehead atoms. The molecule has 0 aliphatic rings. The van der Waals surface area contributed by atoms with E-state index in [1.165, 1.54) is 11.1 Å². The summed E-state index contributed by atoms with van der Waals surface area (Å²) in [6.45, 7) is 7.52. The van der Waals surface area contributed by atoms with Crippen molar-refractivity contribution in [1.29, 1.82) is 0 Å². The van der Waals surface area contributed by atoms with Crippen molar-refractivity contribution in [2.45, 2.75) is 26.9 Å². The smallest absolute Gasteiger partial charge is 0.191 e. The highest BCUT2D eigenvalue weighted by atomic mass is 127.